The van der Waals surface area contributed by atoms with E-state index in [4.69, 9.17) is 4.74 Å². The molecule has 0 aliphatic heterocycles. The van der Waals surface area contributed by atoms with Crippen molar-refractivity contribution < 1.29 is 24.2 Å². The molecule has 172 valence electrons. The van der Waals surface area contributed by atoms with E-state index >= 15 is 0 Å². The maximum absolute atomic E-state index is 13.1. The Hall–Kier alpha value is -3.35. The van der Waals surface area contributed by atoms with Gasteiger partial charge in [0.25, 0.3) is 0 Å². The second-order valence-corrected chi connectivity index (χ2v) is 9.54. The van der Waals surface area contributed by atoms with E-state index < -0.39 is 23.1 Å². The second-order valence-electron chi connectivity index (χ2n) is 9.54. The van der Waals surface area contributed by atoms with E-state index in [0.29, 0.717) is 25.7 Å². The summed E-state index contributed by atoms with van der Waals surface area (Å²) in [5.41, 5.74) is 2.84. The van der Waals surface area contributed by atoms with Crippen molar-refractivity contribution in [2.75, 3.05) is 6.61 Å². The van der Waals surface area contributed by atoms with E-state index in [2.05, 4.69) is 34.9 Å². The predicted octanol–water partition coefficient (Wildman–Crippen LogP) is 3.96. The van der Waals surface area contributed by atoms with Crippen LogP contribution < -0.4 is 10.6 Å². The molecule has 7 nitrogen and oxygen atoms in total. The van der Waals surface area contributed by atoms with Gasteiger partial charge in [0, 0.05) is 5.92 Å². The molecular weight excluding hydrogens is 420 g/mol. The van der Waals surface area contributed by atoms with E-state index in [1.54, 1.807) is 0 Å². The lowest BCUT2D eigenvalue weighted by Crippen LogP contribution is -2.67. The van der Waals surface area contributed by atoms with Crippen LogP contribution in [0.1, 0.15) is 62.0 Å². The minimum Gasteiger partial charge on any atom is -0.481 e. The van der Waals surface area contributed by atoms with Crippen molar-refractivity contribution in [3.8, 4) is 11.1 Å². The third-order valence-corrected chi connectivity index (χ3v) is 7.51. The highest BCUT2D eigenvalue weighted by molar-refractivity contribution is 5.92. The van der Waals surface area contributed by atoms with Gasteiger partial charge < -0.3 is 20.5 Å². The fourth-order valence-corrected chi connectivity index (χ4v) is 5.37. The molecule has 0 heterocycles. The number of hydrogen-bond acceptors (Lipinski definition) is 4. The van der Waals surface area contributed by atoms with Crippen LogP contribution >= 0.6 is 0 Å². The molecule has 5 rings (SSSR count). The monoisotopic (exact) mass is 448 g/mol. The largest absolute Gasteiger partial charge is 0.481 e. The first-order valence-corrected chi connectivity index (χ1v) is 11.6. The zero-order chi connectivity index (χ0) is 23.1. The minimum absolute atomic E-state index is 0.0527. The molecule has 2 amide bonds. The first kappa shape index (κ1) is 21.5. The van der Waals surface area contributed by atoms with Crippen LogP contribution in [0.25, 0.3) is 11.1 Å². The second kappa shape index (κ2) is 8.21. The smallest absolute Gasteiger partial charge is 0.408 e. The van der Waals surface area contributed by atoms with Gasteiger partial charge in [0.1, 0.15) is 12.1 Å². The number of ether oxygens (including phenoxy) is 1. The Balaban J connectivity index is 1.24. The number of fused-ring (bicyclic) bond motifs is 3. The molecule has 2 aromatic carbocycles. The highest BCUT2D eigenvalue weighted by Crippen LogP contribution is 2.44. The molecule has 0 atom stereocenters. The van der Waals surface area contributed by atoms with Crippen LogP contribution in [0.3, 0.4) is 0 Å². The Morgan fingerprint density at radius 3 is 1.94 bits per heavy atom. The molecule has 3 N–H and O–H groups in total. The van der Waals surface area contributed by atoms with E-state index in [-0.39, 0.29) is 24.9 Å². The summed E-state index contributed by atoms with van der Waals surface area (Å²) < 4.78 is 5.63. The average Bonchev–Trinajstić information content (AvgIpc) is 3.06. The number of aliphatic carboxylic acids is 1. The molecule has 0 saturated heterocycles. The summed E-state index contributed by atoms with van der Waals surface area (Å²) in [5.74, 6) is -1.28. The number of hydrogen-bond donors (Lipinski definition) is 3. The van der Waals surface area contributed by atoms with Crippen LogP contribution in [-0.2, 0) is 14.3 Å². The van der Waals surface area contributed by atoms with Crippen molar-refractivity contribution in [1.29, 1.82) is 0 Å². The van der Waals surface area contributed by atoms with Gasteiger partial charge in [0.2, 0.25) is 5.91 Å². The summed E-state index contributed by atoms with van der Waals surface area (Å²) in [6, 6.07) is 16.3. The zero-order valence-corrected chi connectivity index (χ0v) is 18.4. The maximum atomic E-state index is 13.1. The van der Waals surface area contributed by atoms with Crippen molar-refractivity contribution in [1.82, 2.24) is 10.6 Å². The van der Waals surface area contributed by atoms with Crippen molar-refractivity contribution >= 4 is 18.0 Å². The van der Waals surface area contributed by atoms with Crippen LogP contribution in [-0.4, -0.2) is 40.8 Å². The first-order valence-electron chi connectivity index (χ1n) is 11.6. The predicted molar refractivity (Wildman–Crippen MR) is 122 cm³/mol. The number of carbonyl (C=O) groups excluding carboxylic acids is 2. The summed E-state index contributed by atoms with van der Waals surface area (Å²) in [6.07, 6.45) is 3.33. The van der Waals surface area contributed by atoms with E-state index in [1.165, 1.54) is 0 Å². The number of carboxylic acid groups (broad SMARTS) is 1. The Labute approximate surface area is 192 Å². The molecule has 3 aliphatic carbocycles. The molecule has 2 aromatic rings. The summed E-state index contributed by atoms with van der Waals surface area (Å²) in [4.78, 5) is 37.1. The molecule has 2 fully saturated rings. The van der Waals surface area contributed by atoms with Gasteiger partial charge in [-0.1, -0.05) is 48.5 Å². The molecule has 0 unspecified atom stereocenters. The van der Waals surface area contributed by atoms with Crippen LogP contribution in [0.4, 0.5) is 4.79 Å². The lowest BCUT2D eigenvalue weighted by molar-refractivity contribution is -0.142. The standard InChI is InChI=1S/C26H28N2O5/c29-22(30)15-25(11-5-12-25)27-23(31)26(13-6-14-26)28-24(32)33-16-21-19-9-3-1-7-17(19)18-8-2-4-10-20(18)21/h1-4,7-10,21H,5-6,11-16H2,(H,27,31)(H,28,32)(H,29,30). The number of carboxylic acids is 1. The fraction of sp³-hybridized carbons (Fsp3) is 0.423. The van der Waals surface area contributed by atoms with Crippen LogP contribution in [0.2, 0.25) is 0 Å². The SMILES string of the molecule is O=C(O)CC1(NC(=O)C2(NC(=O)OCC3c4ccccc4-c4ccccc43)CCC2)CCC1. The topological polar surface area (TPSA) is 105 Å². The van der Waals surface area contributed by atoms with Crippen LogP contribution in [0.15, 0.2) is 48.5 Å². The quantitative estimate of drug-likeness (QED) is 0.595. The van der Waals surface area contributed by atoms with Gasteiger partial charge in [0.05, 0.1) is 12.0 Å². The summed E-state index contributed by atoms with van der Waals surface area (Å²) >= 11 is 0. The molecule has 33 heavy (non-hydrogen) atoms. The number of rotatable bonds is 7. The van der Waals surface area contributed by atoms with Crippen molar-refractivity contribution in [3.63, 3.8) is 0 Å². The Morgan fingerprint density at radius 2 is 1.45 bits per heavy atom. The summed E-state index contributed by atoms with van der Waals surface area (Å²) in [6.45, 7) is 0.181. The minimum atomic E-state index is -1.02. The number of benzene rings is 2. The number of carbonyl (C=O) groups is 3. The summed E-state index contributed by atoms with van der Waals surface area (Å²) in [5, 5.41) is 15.0. The first-order chi connectivity index (χ1) is 15.9. The molecule has 0 spiro atoms. The molecule has 0 radical (unpaired) electrons. The normalized spacial score (nSPS) is 19.3. The van der Waals surface area contributed by atoms with Gasteiger partial charge >= 0.3 is 12.1 Å². The van der Waals surface area contributed by atoms with E-state index in [1.807, 2.05) is 24.3 Å². The van der Waals surface area contributed by atoms with Gasteiger partial charge in [-0.2, -0.15) is 0 Å². The average molecular weight is 449 g/mol. The molecule has 0 bridgehead atoms. The molecule has 7 heteroatoms. The molecule has 3 aliphatic rings. The van der Waals surface area contributed by atoms with E-state index in [9.17, 15) is 19.5 Å². The third kappa shape index (κ3) is 3.86. The van der Waals surface area contributed by atoms with Crippen molar-refractivity contribution in [2.45, 2.75) is 61.9 Å². The number of nitrogens with one attached hydrogen (secondary N) is 2. The molecular formula is C26H28N2O5. The fourth-order valence-electron chi connectivity index (χ4n) is 5.37. The van der Waals surface area contributed by atoms with Crippen LogP contribution in [0, 0.1) is 0 Å². The Bertz CT molecular complexity index is 1060. The van der Waals surface area contributed by atoms with Gasteiger partial charge in [-0.15, -0.1) is 0 Å². The van der Waals surface area contributed by atoms with Gasteiger partial charge in [-0.25, -0.2) is 4.79 Å². The Morgan fingerprint density at radius 1 is 0.879 bits per heavy atom. The molecule has 0 aromatic heterocycles. The van der Waals surface area contributed by atoms with E-state index in [0.717, 1.165) is 35.1 Å². The highest BCUT2D eigenvalue weighted by Gasteiger charge is 2.50. The molecule has 2 saturated carbocycles. The van der Waals surface area contributed by atoms with Crippen molar-refractivity contribution in [2.24, 2.45) is 0 Å². The Kier molecular flexibility index (Phi) is 5.35. The summed E-state index contributed by atoms with van der Waals surface area (Å²) in [7, 11) is 0. The lowest BCUT2D eigenvalue weighted by atomic mass is 9.71. The number of amides is 2. The van der Waals surface area contributed by atoms with Gasteiger partial charge in [0.15, 0.2) is 0 Å². The van der Waals surface area contributed by atoms with Crippen molar-refractivity contribution in [3.05, 3.63) is 59.7 Å². The third-order valence-electron chi connectivity index (χ3n) is 7.51. The zero-order valence-electron chi connectivity index (χ0n) is 18.4. The highest BCUT2D eigenvalue weighted by atomic mass is 16.5. The van der Waals surface area contributed by atoms with Gasteiger partial charge in [-0.05, 0) is 60.8 Å². The van der Waals surface area contributed by atoms with Crippen LogP contribution in [0.5, 0.6) is 0 Å². The number of alkyl carbamates (subject to hydrolysis) is 1. The lowest BCUT2D eigenvalue weighted by Gasteiger charge is -2.47. The maximum Gasteiger partial charge on any atom is 0.408 e. The van der Waals surface area contributed by atoms with Gasteiger partial charge in [-0.3, -0.25) is 9.59 Å².